The number of anilines is 2. The van der Waals surface area contributed by atoms with Crippen LogP contribution in [0.1, 0.15) is 18.4 Å². The van der Waals surface area contributed by atoms with Crippen molar-refractivity contribution in [2.75, 3.05) is 12.4 Å². The summed E-state index contributed by atoms with van der Waals surface area (Å²) < 4.78 is 10.7. The van der Waals surface area contributed by atoms with Crippen LogP contribution in [0.5, 0.6) is 5.75 Å². The molecule has 0 spiro atoms. The lowest BCUT2D eigenvalue weighted by Gasteiger charge is -2.13. The summed E-state index contributed by atoms with van der Waals surface area (Å²) in [5, 5.41) is 8.33. The van der Waals surface area contributed by atoms with E-state index in [0.29, 0.717) is 23.8 Å². The summed E-state index contributed by atoms with van der Waals surface area (Å²) in [5.41, 5.74) is 4.02. The zero-order chi connectivity index (χ0) is 18.8. The molecule has 0 radical (unpaired) electrons. The number of nitrogens with one attached hydrogen (secondary N) is 1. The van der Waals surface area contributed by atoms with Crippen molar-refractivity contribution in [1.29, 1.82) is 0 Å². The van der Waals surface area contributed by atoms with E-state index in [9.17, 15) is 0 Å². The van der Waals surface area contributed by atoms with E-state index in [1.54, 1.807) is 13.3 Å². The van der Waals surface area contributed by atoms with Crippen molar-refractivity contribution in [3.8, 4) is 17.2 Å². The highest BCUT2D eigenvalue weighted by atomic mass is 35.5. The van der Waals surface area contributed by atoms with Crippen LogP contribution in [-0.2, 0) is 6.42 Å². The van der Waals surface area contributed by atoms with Gasteiger partial charge in [0.2, 0.25) is 0 Å². The van der Waals surface area contributed by atoms with Crippen LogP contribution >= 0.6 is 12.4 Å². The second-order valence-electron chi connectivity index (χ2n) is 6.09. The summed E-state index contributed by atoms with van der Waals surface area (Å²) >= 11 is 0. The molecular formula is C20H20ClN5O2. The van der Waals surface area contributed by atoms with Gasteiger partial charge in [-0.25, -0.2) is 9.97 Å². The minimum Gasteiger partial charge on any atom is -0.497 e. The topological polar surface area (TPSA) is 86.0 Å². The molecule has 0 unspecified atom stereocenters. The Hall–Kier alpha value is -3.19. The summed E-state index contributed by atoms with van der Waals surface area (Å²) in [5.74, 6) is 1.88. The van der Waals surface area contributed by atoms with E-state index in [1.807, 2.05) is 50.2 Å². The molecule has 0 fully saturated rings. The Morgan fingerprint density at radius 1 is 1.07 bits per heavy atom. The highest BCUT2D eigenvalue weighted by molar-refractivity contribution is 5.98. The van der Waals surface area contributed by atoms with Gasteiger partial charge in [0.15, 0.2) is 11.5 Å². The quantitative estimate of drug-likeness (QED) is 0.521. The molecule has 7 nitrogen and oxygen atoms in total. The number of benzene rings is 1. The molecule has 144 valence electrons. The highest BCUT2D eigenvalue weighted by Gasteiger charge is 2.17. The molecule has 1 N–H and O–H groups in total. The van der Waals surface area contributed by atoms with Crippen LogP contribution in [0.25, 0.3) is 22.5 Å². The maximum atomic E-state index is 5.45. The molecular weight excluding hydrogens is 378 g/mol. The Morgan fingerprint density at radius 2 is 1.86 bits per heavy atom. The molecule has 4 aromatic rings. The van der Waals surface area contributed by atoms with Crippen molar-refractivity contribution in [3.05, 3.63) is 54.1 Å². The predicted octanol–water partition coefficient (Wildman–Crippen LogP) is 4.72. The second-order valence-corrected chi connectivity index (χ2v) is 6.09. The number of aromatic nitrogens is 4. The minimum atomic E-state index is 0. The number of hydrogen-bond donors (Lipinski definition) is 1. The van der Waals surface area contributed by atoms with Crippen LogP contribution in [0, 0.1) is 6.92 Å². The number of aryl methyl sites for hydroxylation is 2. The maximum Gasteiger partial charge on any atom is 0.261 e. The van der Waals surface area contributed by atoms with Gasteiger partial charge < -0.3 is 14.6 Å². The molecule has 0 atom stereocenters. The van der Waals surface area contributed by atoms with Crippen LogP contribution in [0.15, 0.2) is 47.1 Å². The first-order chi connectivity index (χ1) is 13.2. The fourth-order valence-corrected chi connectivity index (χ4v) is 2.79. The number of fused-ring (bicyclic) bond motifs is 1. The van der Waals surface area contributed by atoms with Crippen molar-refractivity contribution in [2.24, 2.45) is 0 Å². The monoisotopic (exact) mass is 397 g/mol. The van der Waals surface area contributed by atoms with Crippen LogP contribution in [0.3, 0.4) is 0 Å². The highest BCUT2D eigenvalue weighted by Crippen LogP contribution is 2.35. The van der Waals surface area contributed by atoms with Crippen LogP contribution < -0.4 is 10.1 Å². The number of methoxy groups -OCH3 is 1. The predicted molar refractivity (Wildman–Crippen MR) is 110 cm³/mol. The summed E-state index contributed by atoms with van der Waals surface area (Å²) in [4.78, 5) is 13.5. The van der Waals surface area contributed by atoms with Gasteiger partial charge in [-0.3, -0.25) is 0 Å². The van der Waals surface area contributed by atoms with E-state index in [4.69, 9.17) is 9.26 Å². The Bertz CT molecular complexity index is 1100. The van der Waals surface area contributed by atoms with Crippen molar-refractivity contribution in [1.82, 2.24) is 20.1 Å². The number of pyridine rings is 2. The smallest absolute Gasteiger partial charge is 0.261 e. The molecule has 8 heteroatoms. The number of ether oxygens (including phenoxy) is 1. The molecule has 28 heavy (non-hydrogen) atoms. The molecule has 0 aliphatic rings. The zero-order valence-corrected chi connectivity index (χ0v) is 16.6. The van der Waals surface area contributed by atoms with Crippen molar-refractivity contribution < 1.29 is 9.26 Å². The van der Waals surface area contributed by atoms with E-state index < -0.39 is 0 Å². The summed E-state index contributed by atoms with van der Waals surface area (Å²) in [7, 11) is 1.64. The Balaban J connectivity index is 0.00000225. The molecule has 0 aliphatic carbocycles. The van der Waals surface area contributed by atoms with Gasteiger partial charge in [-0.1, -0.05) is 12.1 Å². The molecule has 0 bridgehead atoms. The third-order valence-electron chi connectivity index (χ3n) is 4.24. The molecule has 3 heterocycles. The normalized spacial score (nSPS) is 10.5. The average molecular weight is 398 g/mol. The van der Waals surface area contributed by atoms with Gasteiger partial charge in [0.1, 0.15) is 5.75 Å². The minimum absolute atomic E-state index is 0. The third kappa shape index (κ3) is 3.75. The molecule has 3 aromatic heterocycles. The number of hydrogen-bond acceptors (Lipinski definition) is 7. The van der Waals surface area contributed by atoms with E-state index in [0.717, 1.165) is 33.8 Å². The lowest BCUT2D eigenvalue weighted by atomic mass is 10.1. The van der Waals surface area contributed by atoms with E-state index in [1.165, 1.54) is 0 Å². The molecule has 0 saturated carbocycles. The molecule has 4 rings (SSSR count). The largest absolute Gasteiger partial charge is 0.497 e. The van der Waals surface area contributed by atoms with E-state index in [-0.39, 0.29) is 12.4 Å². The standard InChI is InChI=1S/C20H19N5O2.ClH/c1-4-17-24-20(27-25-17)16-11-21-19-15(10-5-12(2)22-19)18(16)23-13-6-8-14(26-3)9-7-13;/h5-11H,4H2,1-3H3,(H,21,22,23);1H. The van der Waals surface area contributed by atoms with Gasteiger partial charge in [0.05, 0.1) is 18.4 Å². The van der Waals surface area contributed by atoms with Gasteiger partial charge in [-0.05, 0) is 43.3 Å². The third-order valence-corrected chi connectivity index (χ3v) is 4.24. The van der Waals surface area contributed by atoms with Crippen LogP contribution in [0.2, 0.25) is 0 Å². The summed E-state index contributed by atoms with van der Waals surface area (Å²) in [6.07, 6.45) is 2.42. The molecule has 0 aliphatic heterocycles. The average Bonchev–Trinajstić information content (AvgIpc) is 3.17. The molecule has 1 aromatic carbocycles. The number of rotatable bonds is 5. The first kappa shape index (κ1) is 19.6. The fraction of sp³-hybridized carbons (Fsp3) is 0.200. The van der Waals surface area contributed by atoms with Gasteiger partial charge in [-0.2, -0.15) is 4.98 Å². The van der Waals surface area contributed by atoms with Crippen LogP contribution in [0.4, 0.5) is 11.4 Å². The first-order valence-electron chi connectivity index (χ1n) is 8.68. The van der Waals surface area contributed by atoms with Gasteiger partial charge >= 0.3 is 0 Å². The Labute approximate surface area is 168 Å². The number of nitrogens with zero attached hydrogens (tertiary/aromatic N) is 4. The summed E-state index contributed by atoms with van der Waals surface area (Å²) in [6, 6.07) is 11.6. The molecule has 0 saturated heterocycles. The lowest BCUT2D eigenvalue weighted by Crippen LogP contribution is -1.98. The van der Waals surface area contributed by atoms with Gasteiger partial charge in [0, 0.05) is 29.4 Å². The number of halogens is 1. The molecule has 0 amide bonds. The summed E-state index contributed by atoms with van der Waals surface area (Å²) in [6.45, 7) is 3.92. The SMILES string of the molecule is CCc1noc(-c2cnc3nc(C)ccc3c2Nc2ccc(OC)cc2)n1.Cl. The fourth-order valence-electron chi connectivity index (χ4n) is 2.79. The van der Waals surface area contributed by atoms with E-state index >= 15 is 0 Å². The Morgan fingerprint density at radius 3 is 2.54 bits per heavy atom. The van der Waals surface area contributed by atoms with Gasteiger partial charge in [-0.15, -0.1) is 12.4 Å². The van der Waals surface area contributed by atoms with E-state index in [2.05, 4.69) is 25.4 Å². The first-order valence-corrected chi connectivity index (χ1v) is 8.68. The Kier molecular flexibility index (Phi) is 5.75. The maximum absolute atomic E-state index is 5.45. The van der Waals surface area contributed by atoms with Gasteiger partial charge in [0.25, 0.3) is 5.89 Å². The van der Waals surface area contributed by atoms with Crippen LogP contribution in [-0.4, -0.2) is 27.2 Å². The van der Waals surface area contributed by atoms with Crippen molar-refractivity contribution >= 4 is 34.8 Å². The van der Waals surface area contributed by atoms with Crippen molar-refractivity contribution in [3.63, 3.8) is 0 Å². The lowest BCUT2D eigenvalue weighted by molar-refractivity contribution is 0.415. The second kappa shape index (κ2) is 8.22. The van der Waals surface area contributed by atoms with Crippen molar-refractivity contribution in [2.45, 2.75) is 20.3 Å². The zero-order valence-electron chi connectivity index (χ0n) is 15.8.